The first kappa shape index (κ1) is 14.9. The van der Waals surface area contributed by atoms with Crippen LogP contribution in [-0.2, 0) is 4.74 Å². The third-order valence-electron chi connectivity index (χ3n) is 2.65. The number of hydrogen-bond acceptors (Lipinski definition) is 3. The quantitative estimate of drug-likeness (QED) is 0.594. The molecule has 0 saturated heterocycles. The zero-order valence-electron chi connectivity index (χ0n) is 11.0. The Morgan fingerprint density at radius 2 is 1.93 bits per heavy atom. The van der Waals surface area contributed by atoms with Gasteiger partial charge < -0.3 is 10.1 Å². The van der Waals surface area contributed by atoms with Crippen molar-refractivity contribution in [3.05, 3.63) is 0 Å². The standard InChI is InChI=1S/C12H28N2O/c1-6-7-13-10-12(4)14(11(2)3)8-9-15-5/h11-13H,6-10H2,1-5H3. The van der Waals surface area contributed by atoms with Gasteiger partial charge in [0, 0.05) is 32.3 Å². The lowest BCUT2D eigenvalue weighted by Crippen LogP contribution is -2.45. The summed E-state index contributed by atoms with van der Waals surface area (Å²) in [4.78, 5) is 2.48. The van der Waals surface area contributed by atoms with Crippen molar-refractivity contribution >= 4 is 0 Å². The summed E-state index contributed by atoms with van der Waals surface area (Å²) in [6.45, 7) is 13.0. The van der Waals surface area contributed by atoms with Crippen molar-refractivity contribution in [3.63, 3.8) is 0 Å². The molecular weight excluding hydrogens is 188 g/mol. The van der Waals surface area contributed by atoms with E-state index in [2.05, 4.69) is 37.9 Å². The van der Waals surface area contributed by atoms with E-state index in [1.165, 1.54) is 6.42 Å². The molecule has 0 rings (SSSR count). The molecule has 1 unspecified atom stereocenters. The lowest BCUT2D eigenvalue weighted by molar-refractivity contribution is 0.101. The minimum absolute atomic E-state index is 0.576. The smallest absolute Gasteiger partial charge is 0.0589 e. The van der Waals surface area contributed by atoms with Gasteiger partial charge in [-0.1, -0.05) is 6.92 Å². The zero-order valence-corrected chi connectivity index (χ0v) is 11.0. The molecule has 0 aromatic rings. The Morgan fingerprint density at radius 3 is 2.40 bits per heavy atom. The first-order valence-corrected chi connectivity index (χ1v) is 6.08. The van der Waals surface area contributed by atoms with Crippen LogP contribution in [0.2, 0.25) is 0 Å². The Kier molecular flexibility index (Phi) is 9.06. The van der Waals surface area contributed by atoms with Gasteiger partial charge in [0.25, 0.3) is 0 Å². The van der Waals surface area contributed by atoms with Gasteiger partial charge in [-0.2, -0.15) is 0 Å². The van der Waals surface area contributed by atoms with Crippen LogP contribution in [-0.4, -0.2) is 50.3 Å². The predicted molar refractivity (Wildman–Crippen MR) is 66.3 cm³/mol. The van der Waals surface area contributed by atoms with Crippen LogP contribution in [0.3, 0.4) is 0 Å². The van der Waals surface area contributed by atoms with Gasteiger partial charge in [0.05, 0.1) is 6.61 Å². The van der Waals surface area contributed by atoms with Crippen LogP contribution in [0, 0.1) is 0 Å². The Hall–Kier alpha value is -0.120. The second-order valence-corrected chi connectivity index (χ2v) is 4.38. The molecule has 3 heteroatoms. The molecule has 0 aliphatic rings. The summed E-state index contributed by atoms with van der Waals surface area (Å²) in [5, 5.41) is 3.46. The molecule has 0 aliphatic carbocycles. The second-order valence-electron chi connectivity index (χ2n) is 4.38. The molecule has 0 radical (unpaired) electrons. The van der Waals surface area contributed by atoms with Crippen LogP contribution in [0.15, 0.2) is 0 Å². The highest BCUT2D eigenvalue weighted by molar-refractivity contribution is 4.72. The summed E-state index contributed by atoms with van der Waals surface area (Å²) in [6, 6.07) is 1.16. The topological polar surface area (TPSA) is 24.5 Å². The van der Waals surface area contributed by atoms with Crippen molar-refractivity contribution in [1.82, 2.24) is 10.2 Å². The molecule has 0 aliphatic heterocycles. The van der Waals surface area contributed by atoms with E-state index in [4.69, 9.17) is 4.74 Å². The third kappa shape index (κ3) is 6.88. The second kappa shape index (κ2) is 9.13. The van der Waals surface area contributed by atoms with Crippen molar-refractivity contribution in [2.45, 2.75) is 46.2 Å². The number of nitrogens with zero attached hydrogens (tertiary/aromatic N) is 1. The highest BCUT2D eigenvalue weighted by atomic mass is 16.5. The lowest BCUT2D eigenvalue weighted by Gasteiger charge is -2.32. The average molecular weight is 216 g/mol. The molecule has 1 N–H and O–H groups in total. The fourth-order valence-corrected chi connectivity index (χ4v) is 1.79. The Morgan fingerprint density at radius 1 is 1.27 bits per heavy atom. The van der Waals surface area contributed by atoms with Crippen LogP contribution in [0.1, 0.15) is 34.1 Å². The Bertz CT molecular complexity index is 140. The minimum Gasteiger partial charge on any atom is -0.383 e. The van der Waals surface area contributed by atoms with E-state index >= 15 is 0 Å². The SMILES string of the molecule is CCCNCC(C)N(CCOC)C(C)C. The zero-order chi connectivity index (χ0) is 11.7. The predicted octanol–water partition coefficient (Wildman–Crippen LogP) is 1.73. The molecule has 0 fully saturated rings. The molecule has 0 heterocycles. The highest BCUT2D eigenvalue weighted by Crippen LogP contribution is 2.04. The summed E-state index contributed by atoms with van der Waals surface area (Å²) in [6.07, 6.45) is 1.20. The van der Waals surface area contributed by atoms with Crippen LogP contribution in [0.25, 0.3) is 0 Å². The number of rotatable bonds is 9. The summed E-state index contributed by atoms with van der Waals surface area (Å²) in [5.41, 5.74) is 0. The van der Waals surface area contributed by atoms with Crippen molar-refractivity contribution in [3.8, 4) is 0 Å². The number of hydrogen-bond donors (Lipinski definition) is 1. The lowest BCUT2D eigenvalue weighted by atomic mass is 10.2. The van der Waals surface area contributed by atoms with E-state index in [9.17, 15) is 0 Å². The monoisotopic (exact) mass is 216 g/mol. The van der Waals surface area contributed by atoms with Gasteiger partial charge in [-0.15, -0.1) is 0 Å². The summed E-state index contributed by atoms with van der Waals surface area (Å²) < 4.78 is 5.14. The van der Waals surface area contributed by atoms with Crippen molar-refractivity contribution < 1.29 is 4.74 Å². The maximum atomic E-state index is 5.14. The summed E-state index contributed by atoms with van der Waals surface area (Å²) in [7, 11) is 1.76. The van der Waals surface area contributed by atoms with Gasteiger partial charge in [-0.3, -0.25) is 4.90 Å². The maximum absolute atomic E-state index is 5.14. The number of nitrogens with one attached hydrogen (secondary N) is 1. The van der Waals surface area contributed by atoms with Gasteiger partial charge in [0.15, 0.2) is 0 Å². The number of ether oxygens (including phenoxy) is 1. The molecule has 3 nitrogen and oxygen atoms in total. The van der Waals surface area contributed by atoms with Gasteiger partial charge >= 0.3 is 0 Å². The summed E-state index contributed by atoms with van der Waals surface area (Å²) in [5.74, 6) is 0. The van der Waals surface area contributed by atoms with Crippen molar-refractivity contribution in [1.29, 1.82) is 0 Å². The van der Waals surface area contributed by atoms with Crippen LogP contribution < -0.4 is 5.32 Å². The minimum atomic E-state index is 0.576. The molecule has 0 saturated carbocycles. The largest absolute Gasteiger partial charge is 0.383 e. The maximum Gasteiger partial charge on any atom is 0.0589 e. The molecule has 0 aromatic heterocycles. The van der Waals surface area contributed by atoms with Crippen LogP contribution >= 0.6 is 0 Å². The fraction of sp³-hybridized carbons (Fsp3) is 1.00. The Balaban J connectivity index is 3.87. The number of methoxy groups -OCH3 is 1. The van der Waals surface area contributed by atoms with E-state index in [0.29, 0.717) is 12.1 Å². The first-order valence-electron chi connectivity index (χ1n) is 6.08. The molecule has 92 valence electrons. The van der Waals surface area contributed by atoms with E-state index in [-0.39, 0.29) is 0 Å². The molecule has 0 amide bonds. The van der Waals surface area contributed by atoms with E-state index in [1.54, 1.807) is 7.11 Å². The normalized spacial score (nSPS) is 13.8. The van der Waals surface area contributed by atoms with Gasteiger partial charge in [-0.25, -0.2) is 0 Å². The highest BCUT2D eigenvalue weighted by Gasteiger charge is 2.15. The van der Waals surface area contributed by atoms with Gasteiger partial charge in [0.2, 0.25) is 0 Å². The van der Waals surface area contributed by atoms with Crippen molar-refractivity contribution in [2.24, 2.45) is 0 Å². The average Bonchev–Trinajstić information content (AvgIpc) is 2.18. The molecule has 0 aromatic carbocycles. The van der Waals surface area contributed by atoms with Gasteiger partial charge in [0.1, 0.15) is 0 Å². The van der Waals surface area contributed by atoms with E-state index in [1.807, 2.05) is 0 Å². The van der Waals surface area contributed by atoms with Crippen LogP contribution in [0.5, 0.6) is 0 Å². The molecular formula is C12H28N2O. The molecule has 0 bridgehead atoms. The Labute approximate surface area is 95.2 Å². The van der Waals surface area contributed by atoms with Crippen LogP contribution in [0.4, 0.5) is 0 Å². The third-order valence-corrected chi connectivity index (χ3v) is 2.65. The molecule has 1 atom stereocenters. The van der Waals surface area contributed by atoms with Crippen molar-refractivity contribution in [2.75, 3.05) is 33.4 Å². The van der Waals surface area contributed by atoms with E-state index < -0.39 is 0 Å². The van der Waals surface area contributed by atoms with Gasteiger partial charge in [-0.05, 0) is 33.7 Å². The molecule has 15 heavy (non-hydrogen) atoms. The van der Waals surface area contributed by atoms with E-state index in [0.717, 1.165) is 26.2 Å². The molecule has 0 spiro atoms. The fourth-order valence-electron chi connectivity index (χ4n) is 1.79. The first-order chi connectivity index (χ1) is 7.13. The summed E-state index contributed by atoms with van der Waals surface area (Å²) >= 11 is 0.